The van der Waals surface area contributed by atoms with E-state index in [9.17, 15) is 9.59 Å². The van der Waals surface area contributed by atoms with Gasteiger partial charge in [0.1, 0.15) is 0 Å². The number of para-hydroxylation sites is 1. The number of anilines is 1. The molecule has 1 N–H and O–H groups in total. The number of amides is 2. The van der Waals surface area contributed by atoms with Crippen LogP contribution in [0.1, 0.15) is 51.3 Å². The Morgan fingerprint density at radius 1 is 1.03 bits per heavy atom. The molecule has 2 aromatic carbocycles. The highest BCUT2D eigenvalue weighted by Crippen LogP contribution is 2.26. The van der Waals surface area contributed by atoms with Gasteiger partial charge in [0, 0.05) is 29.4 Å². The molecule has 172 valence electrons. The van der Waals surface area contributed by atoms with Gasteiger partial charge in [-0.3, -0.25) is 9.59 Å². The highest BCUT2D eigenvalue weighted by atomic mass is 35.5. The zero-order chi connectivity index (χ0) is 23.7. The molecule has 2 heterocycles. The number of aromatic nitrogens is 2. The molecule has 6 nitrogen and oxygen atoms in total. The Labute approximate surface area is 199 Å². The van der Waals surface area contributed by atoms with Gasteiger partial charge >= 0.3 is 0 Å². The van der Waals surface area contributed by atoms with Crippen LogP contribution >= 0.6 is 11.6 Å². The number of carbonyl (C=O) groups is 2. The molecule has 3 aromatic rings. The molecule has 2 amide bonds. The van der Waals surface area contributed by atoms with Crippen LogP contribution in [0.4, 0.5) is 5.69 Å². The minimum atomic E-state index is -0.174. The molecule has 0 unspecified atom stereocenters. The van der Waals surface area contributed by atoms with Gasteiger partial charge in [0.25, 0.3) is 5.91 Å². The van der Waals surface area contributed by atoms with Crippen LogP contribution < -0.4 is 5.32 Å². The lowest BCUT2D eigenvalue weighted by atomic mass is 10.1. The van der Waals surface area contributed by atoms with Crippen LogP contribution in [0, 0.1) is 27.7 Å². The number of hydrogen-bond donors (Lipinski definition) is 1. The van der Waals surface area contributed by atoms with Gasteiger partial charge in [0.2, 0.25) is 5.91 Å². The predicted molar refractivity (Wildman–Crippen MR) is 131 cm³/mol. The van der Waals surface area contributed by atoms with Crippen LogP contribution in [-0.4, -0.2) is 39.6 Å². The van der Waals surface area contributed by atoms with Crippen molar-refractivity contribution in [3.63, 3.8) is 0 Å². The largest absolute Gasteiger partial charge is 0.339 e. The van der Waals surface area contributed by atoms with E-state index in [1.165, 1.54) is 0 Å². The summed E-state index contributed by atoms with van der Waals surface area (Å²) >= 11 is 6.30. The number of hydrogen-bond acceptors (Lipinski definition) is 3. The maximum absolute atomic E-state index is 13.1. The smallest absolute Gasteiger partial charge is 0.255 e. The third-order valence-corrected chi connectivity index (χ3v) is 6.75. The zero-order valence-corrected chi connectivity index (χ0v) is 20.3. The topological polar surface area (TPSA) is 67.2 Å². The van der Waals surface area contributed by atoms with E-state index in [1.807, 2.05) is 67.6 Å². The molecule has 1 fully saturated rings. The molecule has 0 bridgehead atoms. The first-order valence-corrected chi connectivity index (χ1v) is 11.6. The van der Waals surface area contributed by atoms with Crippen LogP contribution in [0.2, 0.25) is 5.02 Å². The van der Waals surface area contributed by atoms with Gasteiger partial charge in [0.15, 0.2) is 0 Å². The van der Waals surface area contributed by atoms with Gasteiger partial charge in [-0.05, 0) is 69.9 Å². The first-order valence-electron chi connectivity index (χ1n) is 11.3. The van der Waals surface area contributed by atoms with Gasteiger partial charge in [-0.15, -0.1) is 0 Å². The summed E-state index contributed by atoms with van der Waals surface area (Å²) in [6.45, 7) is 9.25. The van der Waals surface area contributed by atoms with Crippen molar-refractivity contribution in [3.8, 4) is 5.69 Å². The van der Waals surface area contributed by atoms with Crippen molar-refractivity contribution in [1.82, 2.24) is 14.7 Å². The zero-order valence-electron chi connectivity index (χ0n) is 19.5. The van der Waals surface area contributed by atoms with Crippen LogP contribution in [0.5, 0.6) is 0 Å². The van der Waals surface area contributed by atoms with Crippen molar-refractivity contribution in [1.29, 1.82) is 0 Å². The number of aryl methyl sites for hydroxylation is 3. The minimum Gasteiger partial charge on any atom is -0.339 e. The maximum Gasteiger partial charge on any atom is 0.255 e. The van der Waals surface area contributed by atoms with Gasteiger partial charge in [-0.1, -0.05) is 29.8 Å². The van der Waals surface area contributed by atoms with Crippen molar-refractivity contribution >= 4 is 29.1 Å². The van der Waals surface area contributed by atoms with E-state index in [-0.39, 0.29) is 18.2 Å². The Balaban J connectivity index is 1.57. The van der Waals surface area contributed by atoms with Crippen molar-refractivity contribution in [2.24, 2.45) is 0 Å². The van der Waals surface area contributed by atoms with Crippen molar-refractivity contribution < 1.29 is 9.59 Å². The predicted octanol–water partition coefficient (Wildman–Crippen LogP) is 5.18. The Hall–Kier alpha value is -3.12. The second kappa shape index (κ2) is 9.40. The van der Waals surface area contributed by atoms with Crippen LogP contribution in [0.15, 0.2) is 36.4 Å². The standard InChI is InChI=1S/C26H29ClN4O2/c1-16-10-11-20(14-23(16)27)31-19(4)22(18(3)29-31)15-24(32)28-25-17(2)8-7-9-21(25)26(33)30-12-5-6-13-30/h7-11,14H,5-6,12-13,15H2,1-4H3,(H,28,32). The fraction of sp³-hybridized carbons (Fsp3) is 0.346. The number of carbonyl (C=O) groups excluding carboxylic acids is 2. The summed E-state index contributed by atoms with van der Waals surface area (Å²) in [7, 11) is 0. The quantitative estimate of drug-likeness (QED) is 0.566. The van der Waals surface area contributed by atoms with E-state index in [4.69, 9.17) is 11.6 Å². The number of halogens is 1. The molecule has 1 saturated heterocycles. The third kappa shape index (κ3) is 4.67. The number of likely N-dealkylation sites (tertiary alicyclic amines) is 1. The molecular formula is C26H29ClN4O2. The Morgan fingerprint density at radius 3 is 2.45 bits per heavy atom. The van der Waals surface area contributed by atoms with E-state index in [0.29, 0.717) is 16.3 Å². The summed E-state index contributed by atoms with van der Waals surface area (Å²) in [5.41, 5.74) is 6.40. The summed E-state index contributed by atoms with van der Waals surface area (Å²) in [6, 6.07) is 11.4. The molecule has 33 heavy (non-hydrogen) atoms. The molecule has 0 saturated carbocycles. The summed E-state index contributed by atoms with van der Waals surface area (Å²) in [5, 5.41) is 8.33. The SMILES string of the molecule is Cc1ccc(-n2nc(C)c(CC(=O)Nc3c(C)cccc3C(=O)N3CCCC3)c2C)cc1Cl. The average Bonchev–Trinajstić information content (AvgIpc) is 3.41. The number of rotatable bonds is 5. The highest BCUT2D eigenvalue weighted by Gasteiger charge is 2.24. The highest BCUT2D eigenvalue weighted by molar-refractivity contribution is 6.31. The molecule has 1 aliphatic rings. The number of nitrogens with zero attached hydrogens (tertiary/aromatic N) is 3. The minimum absolute atomic E-state index is 0.0251. The molecule has 1 aliphatic heterocycles. The lowest BCUT2D eigenvalue weighted by Gasteiger charge is -2.19. The normalized spacial score (nSPS) is 13.4. The van der Waals surface area contributed by atoms with Crippen molar-refractivity contribution in [3.05, 3.63) is 75.1 Å². The number of nitrogens with one attached hydrogen (secondary N) is 1. The summed E-state index contributed by atoms with van der Waals surface area (Å²) in [6.07, 6.45) is 2.21. The molecule has 0 spiro atoms. The number of benzene rings is 2. The fourth-order valence-electron chi connectivity index (χ4n) is 4.34. The summed E-state index contributed by atoms with van der Waals surface area (Å²) in [4.78, 5) is 28.0. The van der Waals surface area contributed by atoms with E-state index in [1.54, 1.807) is 6.07 Å². The van der Waals surface area contributed by atoms with Gasteiger partial charge < -0.3 is 10.2 Å². The lowest BCUT2D eigenvalue weighted by Crippen LogP contribution is -2.29. The van der Waals surface area contributed by atoms with E-state index in [0.717, 1.165) is 59.7 Å². The van der Waals surface area contributed by atoms with Crippen molar-refractivity contribution in [2.45, 2.75) is 47.0 Å². The van der Waals surface area contributed by atoms with Gasteiger partial charge in [-0.25, -0.2) is 4.68 Å². The van der Waals surface area contributed by atoms with E-state index >= 15 is 0 Å². The molecule has 0 atom stereocenters. The molecule has 4 rings (SSSR count). The second-order valence-corrected chi connectivity index (χ2v) is 9.12. The van der Waals surface area contributed by atoms with Crippen LogP contribution in [-0.2, 0) is 11.2 Å². The Bertz CT molecular complexity index is 1230. The first-order chi connectivity index (χ1) is 15.8. The summed E-state index contributed by atoms with van der Waals surface area (Å²) < 4.78 is 1.82. The van der Waals surface area contributed by atoms with Gasteiger partial charge in [0.05, 0.1) is 29.1 Å². The first kappa shape index (κ1) is 23.1. The molecular weight excluding hydrogens is 436 g/mol. The monoisotopic (exact) mass is 464 g/mol. The van der Waals surface area contributed by atoms with Crippen LogP contribution in [0.25, 0.3) is 5.69 Å². The second-order valence-electron chi connectivity index (χ2n) is 8.72. The average molecular weight is 465 g/mol. The maximum atomic E-state index is 13.1. The molecule has 0 aliphatic carbocycles. The summed E-state index contributed by atoms with van der Waals surface area (Å²) in [5.74, 6) is -0.199. The third-order valence-electron chi connectivity index (χ3n) is 6.34. The van der Waals surface area contributed by atoms with Gasteiger partial charge in [-0.2, -0.15) is 5.10 Å². The lowest BCUT2D eigenvalue weighted by molar-refractivity contribution is -0.115. The van der Waals surface area contributed by atoms with E-state index in [2.05, 4.69) is 10.4 Å². The van der Waals surface area contributed by atoms with Crippen LogP contribution in [0.3, 0.4) is 0 Å². The van der Waals surface area contributed by atoms with E-state index < -0.39 is 0 Å². The molecule has 1 aromatic heterocycles. The molecule has 7 heteroatoms. The Morgan fingerprint density at radius 2 is 1.76 bits per heavy atom. The fourth-order valence-corrected chi connectivity index (χ4v) is 4.52. The Kier molecular flexibility index (Phi) is 6.56. The molecule has 0 radical (unpaired) electrons. The van der Waals surface area contributed by atoms with Crippen molar-refractivity contribution in [2.75, 3.05) is 18.4 Å².